The third-order valence-electron chi connectivity index (χ3n) is 4.83. The molecule has 21 heavy (non-hydrogen) atoms. The summed E-state index contributed by atoms with van der Waals surface area (Å²) >= 11 is 0. The van der Waals surface area contributed by atoms with Crippen molar-refractivity contribution >= 4 is 5.91 Å². The van der Waals surface area contributed by atoms with Gasteiger partial charge < -0.3 is 5.32 Å². The Kier molecular flexibility index (Phi) is 5.43. The molecule has 4 heteroatoms. The quantitative estimate of drug-likeness (QED) is 0.875. The van der Waals surface area contributed by atoms with Gasteiger partial charge >= 0.3 is 0 Å². The van der Waals surface area contributed by atoms with E-state index in [2.05, 4.69) is 24.3 Å². The van der Waals surface area contributed by atoms with Crippen molar-refractivity contribution in [3.63, 3.8) is 0 Å². The predicted molar refractivity (Wildman–Crippen MR) is 85.2 cm³/mol. The molecule has 1 amide bonds. The second kappa shape index (κ2) is 7.10. The summed E-state index contributed by atoms with van der Waals surface area (Å²) in [5, 5.41) is 7.58. The Morgan fingerprint density at radius 2 is 2.05 bits per heavy atom. The second-order valence-corrected chi connectivity index (χ2v) is 6.63. The normalized spacial score (nSPS) is 17.1. The lowest BCUT2D eigenvalue weighted by molar-refractivity contribution is -0.122. The molecule has 0 spiro atoms. The van der Waals surface area contributed by atoms with Crippen molar-refractivity contribution in [1.29, 1.82) is 0 Å². The van der Waals surface area contributed by atoms with E-state index in [0.717, 1.165) is 24.5 Å². The molecule has 0 unspecified atom stereocenters. The molecule has 1 aromatic rings. The van der Waals surface area contributed by atoms with Crippen LogP contribution < -0.4 is 5.32 Å². The summed E-state index contributed by atoms with van der Waals surface area (Å²) in [6.45, 7) is 6.21. The van der Waals surface area contributed by atoms with Crippen LogP contribution in [0.2, 0.25) is 0 Å². The largest absolute Gasteiger partial charge is 0.353 e. The van der Waals surface area contributed by atoms with Gasteiger partial charge in [-0.25, -0.2) is 0 Å². The van der Waals surface area contributed by atoms with E-state index in [1.165, 1.54) is 36.9 Å². The number of hydrogen-bond acceptors (Lipinski definition) is 2. The van der Waals surface area contributed by atoms with Crippen molar-refractivity contribution in [3.05, 3.63) is 17.0 Å². The molecule has 4 nitrogen and oxygen atoms in total. The smallest absolute Gasteiger partial charge is 0.220 e. The highest BCUT2D eigenvalue weighted by Crippen LogP contribution is 2.28. The van der Waals surface area contributed by atoms with Gasteiger partial charge in [0, 0.05) is 25.2 Å². The first-order chi connectivity index (χ1) is 9.97. The minimum atomic E-state index is 0.169. The molecule has 0 saturated heterocycles. The van der Waals surface area contributed by atoms with E-state index in [1.54, 1.807) is 0 Å². The van der Waals surface area contributed by atoms with Crippen LogP contribution in [0.1, 0.15) is 62.4 Å². The SMILES string of the molecule is Cc1nn(C)c(C)c1C[C@@H](C)NC(=O)CCC1CCCC1. The Balaban J connectivity index is 1.77. The lowest BCUT2D eigenvalue weighted by Crippen LogP contribution is -2.34. The minimum absolute atomic E-state index is 0.169. The zero-order chi connectivity index (χ0) is 15.4. The van der Waals surface area contributed by atoms with E-state index >= 15 is 0 Å². The van der Waals surface area contributed by atoms with Crippen LogP contribution in [0, 0.1) is 19.8 Å². The van der Waals surface area contributed by atoms with E-state index in [4.69, 9.17) is 0 Å². The average Bonchev–Trinajstić information content (AvgIpc) is 3.01. The van der Waals surface area contributed by atoms with Gasteiger partial charge in [-0.15, -0.1) is 0 Å². The van der Waals surface area contributed by atoms with Gasteiger partial charge in [0.1, 0.15) is 0 Å². The van der Waals surface area contributed by atoms with Crippen LogP contribution in [0.4, 0.5) is 0 Å². The fraction of sp³-hybridized carbons (Fsp3) is 0.765. The number of nitrogens with one attached hydrogen (secondary N) is 1. The van der Waals surface area contributed by atoms with Gasteiger partial charge in [0.05, 0.1) is 5.69 Å². The summed E-state index contributed by atoms with van der Waals surface area (Å²) in [4.78, 5) is 12.0. The van der Waals surface area contributed by atoms with Crippen LogP contribution in [0.3, 0.4) is 0 Å². The summed E-state index contributed by atoms with van der Waals surface area (Å²) in [7, 11) is 1.97. The molecule has 0 radical (unpaired) electrons. The van der Waals surface area contributed by atoms with E-state index in [0.29, 0.717) is 6.42 Å². The molecule has 1 atom stereocenters. The van der Waals surface area contributed by atoms with Gasteiger partial charge in [-0.1, -0.05) is 25.7 Å². The van der Waals surface area contributed by atoms with Crippen LogP contribution >= 0.6 is 0 Å². The van der Waals surface area contributed by atoms with E-state index in [9.17, 15) is 4.79 Å². The minimum Gasteiger partial charge on any atom is -0.353 e. The van der Waals surface area contributed by atoms with Gasteiger partial charge in [0.2, 0.25) is 5.91 Å². The van der Waals surface area contributed by atoms with E-state index < -0.39 is 0 Å². The number of carbonyl (C=O) groups excluding carboxylic acids is 1. The number of hydrogen-bond donors (Lipinski definition) is 1. The lowest BCUT2D eigenvalue weighted by Gasteiger charge is -2.15. The Morgan fingerprint density at radius 3 is 2.62 bits per heavy atom. The first-order valence-corrected chi connectivity index (χ1v) is 8.25. The van der Waals surface area contributed by atoms with Crippen LogP contribution in [0.15, 0.2) is 0 Å². The van der Waals surface area contributed by atoms with Crippen LogP contribution in [0.5, 0.6) is 0 Å². The Bertz CT molecular complexity index is 486. The average molecular weight is 291 g/mol. The maximum absolute atomic E-state index is 12.0. The lowest BCUT2D eigenvalue weighted by atomic mass is 10.0. The van der Waals surface area contributed by atoms with Crippen LogP contribution in [-0.2, 0) is 18.3 Å². The number of nitrogens with zero attached hydrogens (tertiary/aromatic N) is 2. The monoisotopic (exact) mass is 291 g/mol. The summed E-state index contributed by atoms with van der Waals surface area (Å²) in [5.41, 5.74) is 3.53. The number of carbonyl (C=O) groups is 1. The highest BCUT2D eigenvalue weighted by atomic mass is 16.1. The molecule has 0 bridgehead atoms. The molecular weight excluding hydrogens is 262 g/mol. The Morgan fingerprint density at radius 1 is 1.38 bits per heavy atom. The third-order valence-corrected chi connectivity index (χ3v) is 4.83. The zero-order valence-corrected chi connectivity index (χ0v) is 13.9. The van der Waals surface area contributed by atoms with Crippen LogP contribution in [-0.4, -0.2) is 21.7 Å². The van der Waals surface area contributed by atoms with Gasteiger partial charge in [-0.05, 0) is 45.1 Å². The third kappa shape index (κ3) is 4.32. The van der Waals surface area contributed by atoms with Gasteiger partial charge in [0.25, 0.3) is 0 Å². The van der Waals surface area contributed by atoms with Crippen molar-refractivity contribution in [3.8, 4) is 0 Å². The molecule has 1 saturated carbocycles. The van der Waals surface area contributed by atoms with Crippen LogP contribution in [0.25, 0.3) is 0 Å². The van der Waals surface area contributed by atoms with E-state index in [1.807, 2.05) is 18.7 Å². The first-order valence-electron chi connectivity index (χ1n) is 8.25. The molecule has 2 rings (SSSR count). The molecule has 1 aliphatic carbocycles. The van der Waals surface area contributed by atoms with Crippen molar-refractivity contribution in [2.24, 2.45) is 13.0 Å². The summed E-state index contributed by atoms with van der Waals surface area (Å²) in [6.07, 6.45) is 7.93. The Hall–Kier alpha value is -1.32. The zero-order valence-electron chi connectivity index (χ0n) is 13.9. The van der Waals surface area contributed by atoms with Crippen molar-refractivity contribution < 1.29 is 4.79 Å². The molecule has 0 aromatic carbocycles. The van der Waals surface area contributed by atoms with E-state index in [-0.39, 0.29) is 11.9 Å². The molecule has 1 heterocycles. The topological polar surface area (TPSA) is 46.9 Å². The molecule has 1 N–H and O–H groups in total. The highest BCUT2D eigenvalue weighted by molar-refractivity contribution is 5.76. The maximum atomic E-state index is 12.0. The molecular formula is C17H29N3O. The number of aryl methyl sites for hydroxylation is 2. The molecule has 1 aliphatic rings. The van der Waals surface area contributed by atoms with Gasteiger partial charge in [0.15, 0.2) is 0 Å². The maximum Gasteiger partial charge on any atom is 0.220 e. The molecule has 1 fully saturated rings. The van der Waals surface area contributed by atoms with Crippen molar-refractivity contribution in [1.82, 2.24) is 15.1 Å². The van der Waals surface area contributed by atoms with Gasteiger partial charge in [-0.3, -0.25) is 9.48 Å². The highest BCUT2D eigenvalue weighted by Gasteiger charge is 2.18. The Labute approximate surface area is 128 Å². The summed E-state index contributed by atoms with van der Waals surface area (Å²) in [5.74, 6) is 0.988. The standard InChI is InChI=1S/C17H29N3O/c1-12(11-16-13(2)19-20(4)14(16)3)18-17(21)10-9-15-7-5-6-8-15/h12,15H,5-11H2,1-4H3,(H,18,21)/t12-/m1/s1. The molecule has 118 valence electrons. The fourth-order valence-electron chi connectivity index (χ4n) is 3.45. The summed E-state index contributed by atoms with van der Waals surface area (Å²) < 4.78 is 1.92. The predicted octanol–water partition coefficient (Wildman–Crippen LogP) is 3.05. The van der Waals surface area contributed by atoms with Crippen molar-refractivity contribution in [2.45, 2.75) is 71.8 Å². The summed E-state index contributed by atoms with van der Waals surface area (Å²) in [6, 6.07) is 0.169. The second-order valence-electron chi connectivity index (χ2n) is 6.63. The van der Waals surface area contributed by atoms with Gasteiger partial charge in [-0.2, -0.15) is 5.10 Å². The number of amides is 1. The molecule has 0 aliphatic heterocycles. The molecule has 1 aromatic heterocycles. The number of aromatic nitrogens is 2. The van der Waals surface area contributed by atoms with Crippen molar-refractivity contribution in [2.75, 3.05) is 0 Å². The number of rotatable bonds is 6. The fourth-order valence-corrected chi connectivity index (χ4v) is 3.45. The first kappa shape index (κ1) is 16.1.